The van der Waals surface area contributed by atoms with Gasteiger partial charge in [0, 0.05) is 12.8 Å². The molecule has 13 heavy (non-hydrogen) atoms. The van der Waals surface area contributed by atoms with Gasteiger partial charge < -0.3 is 9.47 Å². The Hall–Kier alpha value is -1.06. The number of hydrogen-bond acceptors (Lipinski definition) is 4. The zero-order valence-electron chi connectivity index (χ0n) is 8.12. The molecule has 0 spiro atoms. The molecular formula is C9H14O4. The summed E-state index contributed by atoms with van der Waals surface area (Å²) < 4.78 is 9.82. The van der Waals surface area contributed by atoms with E-state index < -0.39 is 5.60 Å². The van der Waals surface area contributed by atoms with Gasteiger partial charge in [-0.2, -0.15) is 0 Å². The first-order chi connectivity index (χ1) is 5.94. The monoisotopic (exact) mass is 186 g/mol. The van der Waals surface area contributed by atoms with Crippen molar-refractivity contribution >= 4 is 11.9 Å². The van der Waals surface area contributed by atoms with Gasteiger partial charge in [-0.1, -0.05) is 6.92 Å². The molecule has 1 aliphatic heterocycles. The number of carbonyl (C=O) groups excluding carboxylic acids is 2. The minimum absolute atomic E-state index is 0.0501. The number of cyclic esters (lactones) is 1. The Kier molecular flexibility index (Phi) is 2.59. The van der Waals surface area contributed by atoms with Gasteiger partial charge in [0.25, 0.3) is 0 Å². The van der Waals surface area contributed by atoms with Crippen LogP contribution in [-0.2, 0) is 19.1 Å². The van der Waals surface area contributed by atoms with Crippen LogP contribution in [0.5, 0.6) is 0 Å². The van der Waals surface area contributed by atoms with Crippen molar-refractivity contribution in [2.45, 2.75) is 32.8 Å². The van der Waals surface area contributed by atoms with Gasteiger partial charge in [0.2, 0.25) is 0 Å². The Bertz CT molecular complexity index is 226. The summed E-state index contributed by atoms with van der Waals surface area (Å²) in [5.74, 6) is -0.438. The van der Waals surface area contributed by atoms with Crippen LogP contribution in [0.1, 0.15) is 27.2 Å². The highest BCUT2D eigenvalue weighted by Crippen LogP contribution is 2.34. The maximum Gasteiger partial charge on any atom is 0.310 e. The molecule has 0 aromatic rings. The molecule has 1 heterocycles. The van der Waals surface area contributed by atoms with Gasteiger partial charge in [-0.3, -0.25) is 9.59 Å². The van der Waals surface area contributed by atoms with Crippen LogP contribution in [0.3, 0.4) is 0 Å². The predicted molar refractivity (Wildman–Crippen MR) is 44.9 cm³/mol. The van der Waals surface area contributed by atoms with Crippen molar-refractivity contribution in [2.24, 2.45) is 5.92 Å². The molecule has 4 heteroatoms. The quantitative estimate of drug-likeness (QED) is 0.614. The summed E-state index contributed by atoms with van der Waals surface area (Å²) in [6.45, 7) is 5.42. The van der Waals surface area contributed by atoms with E-state index in [2.05, 4.69) is 0 Å². The smallest absolute Gasteiger partial charge is 0.310 e. The molecule has 0 radical (unpaired) electrons. The lowest BCUT2D eigenvalue weighted by atomic mass is 9.84. The van der Waals surface area contributed by atoms with Crippen LogP contribution >= 0.6 is 0 Å². The van der Waals surface area contributed by atoms with Crippen molar-refractivity contribution in [1.82, 2.24) is 0 Å². The van der Waals surface area contributed by atoms with E-state index in [1.165, 1.54) is 6.92 Å². The molecule has 0 aromatic heterocycles. The van der Waals surface area contributed by atoms with Crippen molar-refractivity contribution in [2.75, 3.05) is 6.61 Å². The lowest BCUT2D eigenvalue weighted by Gasteiger charge is -2.41. The van der Waals surface area contributed by atoms with Crippen LogP contribution in [-0.4, -0.2) is 24.1 Å². The summed E-state index contributed by atoms with van der Waals surface area (Å²) in [6.07, 6.45) is 0.412. The van der Waals surface area contributed by atoms with Crippen LogP contribution in [0.2, 0.25) is 0 Å². The highest BCUT2D eigenvalue weighted by Gasteiger charge is 2.46. The van der Waals surface area contributed by atoms with E-state index in [0.29, 0.717) is 13.0 Å². The maximum atomic E-state index is 10.6. The summed E-state index contributed by atoms with van der Waals surface area (Å²) in [6, 6.07) is 0. The molecule has 0 unspecified atom stereocenters. The maximum absolute atomic E-state index is 10.6. The van der Waals surface area contributed by atoms with Crippen LogP contribution in [0, 0.1) is 5.92 Å². The summed E-state index contributed by atoms with van der Waals surface area (Å²) in [7, 11) is 0. The first kappa shape index (κ1) is 10.0. The third-order valence-electron chi connectivity index (χ3n) is 2.42. The van der Waals surface area contributed by atoms with Crippen LogP contribution < -0.4 is 0 Å². The fourth-order valence-corrected chi connectivity index (χ4v) is 1.23. The topological polar surface area (TPSA) is 52.6 Å². The second-order valence-corrected chi connectivity index (χ2v) is 3.67. The Balaban J connectivity index is 2.35. The van der Waals surface area contributed by atoms with Crippen molar-refractivity contribution in [3.05, 3.63) is 0 Å². The van der Waals surface area contributed by atoms with Crippen LogP contribution in [0.15, 0.2) is 0 Å². The van der Waals surface area contributed by atoms with Gasteiger partial charge in [-0.15, -0.1) is 0 Å². The largest absolute Gasteiger partial charge is 0.465 e. The molecule has 4 nitrogen and oxygen atoms in total. The van der Waals surface area contributed by atoms with Gasteiger partial charge in [0.15, 0.2) is 0 Å². The fourth-order valence-electron chi connectivity index (χ4n) is 1.23. The number of esters is 2. The fraction of sp³-hybridized carbons (Fsp3) is 0.778. The molecule has 0 N–H and O–H groups in total. The molecule has 1 rings (SSSR count). The van der Waals surface area contributed by atoms with E-state index in [1.807, 2.05) is 13.8 Å². The zero-order chi connectivity index (χ0) is 10.1. The summed E-state index contributed by atoms with van der Waals surface area (Å²) in [5.41, 5.74) is -0.438. The van der Waals surface area contributed by atoms with Crippen molar-refractivity contribution in [3.8, 4) is 0 Å². The molecule has 0 aliphatic carbocycles. The molecule has 0 saturated carbocycles. The lowest BCUT2D eigenvalue weighted by molar-refractivity contribution is -0.200. The summed E-state index contributed by atoms with van der Waals surface area (Å²) in [5, 5.41) is 0. The van der Waals surface area contributed by atoms with Gasteiger partial charge >= 0.3 is 11.9 Å². The second-order valence-electron chi connectivity index (χ2n) is 3.67. The number of carbonyl (C=O) groups is 2. The van der Waals surface area contributed by atoms with Gasteiger partial charge in [-0.05, 0) is 6.92 Å². The molecule has 2 atom stereocenters. The Morgan fingerprint density at radius 1 is 1.77 bits per heavy atom. The molecule has 0 aromatic carbocycles. The third-order valence-corrected chi connectivity index (χ3v) is 2.42. The molecule has 1 aliphatic rings. The van der Waals surface area contributed by atoms with Gasteiger partial charge in [0.05, 0.1) is 13.0 Å². The zero-order valence-corrected chi connectivity index (χ0v) is 8.12. The van der Waals surface area contributed by atoms with E-state index in [9.17, 15) is 9.59 Å². The third kappa shape index (κ3) is 2.20. The minimum atomic E-state index is -0.438. The molecular weight excluding hydrogens is 172 g/mol. The van der Waals surface area contributed by atoms with Gasteiger partial charge in [-0.25, -0.2) is 0 Å². The normalized spacial score (nSPS) is 28.7. The summed E-state index contributed by atoms with van der Waals surface area (Å²) >= 11 is 0. The molecule has 1 fully saturated rings. The van der Waals surface area contributed by atoms with E-state index in [0.717, 1.165) is 0 Å². The molecule has 0 bridgehead atoms. The van der Waals surface area contributed by atoms with Crippen LogP contribution in [0.25, 0.3) is 0 Å². The van der Waals surface area contributed by atoms with Crippen molar-refractivity contribution in [3.63, 3.8) is 0 Å². The second kappa shape index (κ2) is 3.36. The number of hydrogen-bond donors (Lipinski definition) is 0. The lowest BCUT2D eigenvalue weighted by Crippen LogP contribution is -2.51. The summed E-state index contributed by atoms with van der Waals surface area (Å²) in [4.78, 5) is 21.1. The minimum Gasteiger partial charge on any atom is -0.465 e. The van der Waals surface area contributed by atoms with E-state index in [4.69, 9.17) is 9.47 Å². The highest BCUT2D eigenvalue weighted by atomic mass is 16.6. The number of rotatable bonds is 3. The molecule has 74 valence electrons. The number of ether oxygens (including phenoxy) is 2. The first-order valence-corrected chi connectivity index (χ1v) is 4.29. The SMILES string of the molecule is CC(=O)OC[C@@H](C)[C@@]1(C)CC(=O)O1. The van der Waals surface area contributed by atoms with E-state index in [-0.39, 0.29) is 17.9 Å². The average Bonchev–Trinajstić information content (AvgIpc) is 1.97. The predicted octanol–water partition coefficient (Wildman–Crippen LogP) is 0.891. The van der Waals surface area contributed by atoms with E-state index in [1.54, 1.807) is 0 Å². The first-order valence-electron chi connectivity index (χ1n) is 4.29. The average molecular weight is 186 g/mol. The highest BCUT2D eigenvalue weighted by molar-refractivity contribution is 5.76. The Labute approximate surface area is 77.2 Å². The van der Waals surface area contributed by atoms with Gasteiger partial charge in [0.1, 0.15) is 5.60 Å². The Morgan fingerprint density at radius 3 is 2.69 bits per heavy atom. The molecule has 0 amide bonds. The van der Waals surface area contributed by atoms with Crippen LogP contribution in [0.4, 0.5) is 0 Å². The van der Waals surface area contributed by atoms with E-state index >= 15 is 0 Å². The van der Waals surface area contributed by atoms with Crippen molar-refractivity contribution < 1.29 is 19.1 Å². The molecule has 1 saturated heterocycles. The van der Waals surface area contributed by atoms with Crippen molar-refractivity contribution in [1.29, 1.82) is 0 Å². The Morgan fingerprint density at radius 2 is 2.31 bits per heavy atom. The standard InChI is InChI=1S/C9H14O4/c1-6(5-12-7(2)10)9(3)4-8(11)13-9/h6H,4-5H2,1-3H3/t6-,9-/m1/s1.